The van der Waals surface area contributed by atoms with Gasteiger partial charge in [0.25, 0.3) is 0 Å². The highest BCUT2D eigenvalue weighted by molar-refractivity contribution is 5.71. The summed E-state index contributed by atoms with van der Waals surface area (Å²) in [7, 11) is 0. The fourth-order valence-corrected chi connectivity index (χ4v) is 4.64. The standard InChI is InChI=1S/C23H32O6/c24-17(7-4-14-26-15-16-5-2-1-3-6-16)18-8-9-19(27-18)20-10-11-21(28-20)22-12-13-23(25)29-22/h1-3,5-6,17-22,24H,4,7-15H2/t17-,18+,19+,20-,21-,22+/m0/s1. The van der Waals surface area contributed by atoms with Crippen molar-refractivity contribution < 1.29 is 28.8 Å². The van der Waals surface area contributed by atoms with Gasteiger partial charge in [0.2, 0.25) is 0 Å². The molecule has 29 heavy (non-hydrogen) atoms. The highest BCUT2D eigenvalue weighted by Crippen LogP contribution is 2.36. The predicted molar refractivity (Wildman–Crippen MR) is 106 cm³/mol. The van der Waals surface area contributed by atoms with Gasteiger partial charge >= 0.3 is 5.97 Å². The number of aliphatic hydroxyl groups excluding tert-OH is 1. The Morgan fingerprint density at radius 2 is 1.69 bits per heavy atom. The zero-order chi connectivity index (χ0) is 20.1. The van der Waals surface area contributed by atoms with Crippen molar-refractivity contribution in [1.82, 2.24) is 0 Å². The van der Waals surface area contributed by atoms with Crippen LogP contribution < -0.4 is 0 Å². The molecule has 6 heteroatoms. The van der Waals surface area contributed by atoms with Gasteiger partial charge in [0.1, 0.15) is 6.10 Å². The Bertz CT molecular complexity index is 650. The fraction of sp³-hybridized carbons (Fsp3) is 0.696. The second-order valence-electron chi connectivity index (χ2n) is 8.40. The van der Waals surface area contributed by atoms with E-state index in [-0.39, 0.29) is 36.5 Å². The van der Waals surface area contributed by atoms with Crippen LogP contribution in [0.4, 0.5) is 0 Å². The Balaban J connectivity index is 1.12. The first-order valence-electron chi connectivity index (χ1n) is 11.0. The normalized spacial score (nSPS) is 33.1. The monoisotopic (exact) mass is 404 g/mol. The van der Waals surface area contributed by atoms with Crippen LogP contribution in [0.5, 0.6) is 0 Å². The molecule has 3 fully saturated rings. The number of hydrogen-bond acceptors (Lipinski definition) is 6. The molecule has 6 nitrogen and oxygen atoms in total. The molecule has 160 valence electrons. The van der Waals surface area contributed by atoms with Crippen LogP contribution in [0.15, 0.2) is 30.3 Å². The molecule has 0 bridgehead atoms. The lowest BCUT2D eigenvalue weighted by atomic mass is 10.0. The van der Waals surface area contributed by atoms with E-state index in [1.54, 1.807) is 0 Å². The van der Waals surface area contributed by atoms with Gasteiger partial charge in [-0.15, -0.1) is 0 Å². The molecule has 0 unspecified atom stereocenters. The molecule has 1 aromatic rings. The molecule has 0 aromatic heterocycles. The Labute approximate surface area is 172 Å². The van der Waals surface area contributed by atoms with Gasteiger partial charge in [0, 0.05) is 13.0 Å². The topological polar surface area (TPSA) is 74.2 Å². The van der Waals surface area contributed by atoms with Crippen molar-refractivity contribution in [2.75, 3.05) is 6.61 Å². The van der Waals surface area contributed by atoms with E-state index >= 15 is 0 Å². The first kappa shape index (κ1) is 20.8. The molecule has 4 rings (SSSR count). The van der Waals surface area contributed by atoms with Crippen molar-refractivity contribution >= 4 is 5.97 Å². The van der Waals surface area contributed by atoms with E-state index < -0.39 is 6.10 Å². The first-order valence-corrected chi connectivity index (χ1v) is 11.0. The highest BCUT2D eigenvalue weighted by atomic mass is 16.6. The van der Waals surface area contributed by atoms with Gasteiger partial charge in [0.05, 0.1) is 37.1 Å². The first-order chi connectivity index (χ1) is 14.2. The molecular weight excluding hydrogens is 372 g/mol. The lowest BCUT2D eigenvalue weighted by molar-refractivity contribution is -0.149. The molecule has 1 aromatic carbocycles. The van der Waals surface area contributed by atoms with Gasteiger partial charge in [-0.2, -0.15) is 0 Å². The molecule has 0 saturated carbocycles. The average Bonchev–Trinajstić information content (AvgIpc) is 3.48. The number of esters is 1. The maximum absolute atomic E-state index is 11.3. The lowest BCUT2D eigenvalue weighted by Gasteiger charge is -2.24. The van der Waals surface area contributed by atoms with Crippen molar-refractivity contribution in [2.24, 2.45) is 0 Å². The van der Waals surface area contributed by atoms with Crippen LogP contribution in [0.1, 0.15) is 56.9 Å². The summed E-state index contributed by atoms with van der Waals surface area (Å²) < 4.78 is 23.3. The second-order valence-corrected chi connectivity index (χ2v) is 8.40. The minimum Gasteiger partial charge on any atom is -0.460 e. The predicted octanol–water partition coefficient (Wildman–Crippen LogP) is 3.15. The summed E-state index contributed by atoms with van der Waals surface area (Å²) in [6.07, 6.45) is 5.76. The van der Waals surface area contributed by atoms with Crippen molar-refractivity contribution in [3.63, 3.8) is 0 Å². The third kappa shape index (κ3) is 5.57. The SMILES string of the molecule is O=C1CC[C@H]([C@@H]2CC[C@@H]([C@H]3CC[C@H]([C@@H](O)CCCOCc4ccccc4)O3)O2)O1. The van der Waals surface area contributed by atoms with Gasteiger partial charge in [-0.1, -0.05) is 30.3 Å². The van der Waals surface area contributed by atoms with Crippen LogP contribution in [0.2, 0.25) is 0 Å². The summed E-state index contributed by atoms with van der Waals surface area (Å²) in [5, 5.41) is 10.5. The van der Waals surface area contributed by atoms with Crippen LogP contribution in [0, 0.1) is 0 Å². The molecule has 6 atom stereocenters. The number of cyclic esters (lactones) is 1. The number of carbonyl (C=O) groups is 1. The number of rotatable bonds is 9. The van der Waals surface area contributed by atoms with Crippen LogP contribution in [-0.4, -0.2) is 54.3 Å². The maximum atomic E-state index is 11.3. The van der Waals surface area contributed by atoms with Crippen molar-refractivity contribution in [3.8, 4) is 0 Å². The van der Waals surface area contributed by atoms with Gasteiger partial charge in [-0.3, -0.25) is 4.79 Å². The Morgan fingerprint density at radius 1 is 0.966 bits per heavy atom. The number of carbonyl (C=O) groups excluding carboxylic acids is 1. The summed E-state index contributed by atoms with van der Waals surface area (Å²) in [4.78, 5) is 11.3. The minimum absolute atomic E-state index is 0.000729. The maximum Gasteiger partial charge on any atom is 0.306 e. The molecule has 3 saturated heterocycles. The fourth-order valence-electron chi connectivity index (χ4n) is 4.64. The highest BCUT2D eigenvalue weighted by Gasteiger charge is 2.43. The molecule has 3 aliphatic rings. The second kappa shape index (κ2) is 10.0. The number of benzene rings is 1. The zero-order valence-corrected chi connectivity index (χ0v) is 16.9. The third-order valence-electron chi connectivity index (χ3n) is 6.24. The average molecular weight is 405 g/mol. The third-order valence-corrected chi connectivity index (χ3v) is 6.24. The summed E-state index contributed by atoms with van der Waals surface area (Å²) in [6, 6.07) is 10.1. The largest absolute Gasteiger partial charge is 0.460 e. The molecule has 0 aliphatic carbocycles. The van der Waals surface area contributed by atoms with Gasteiger partial charge < -0.3 is 24.1 Å². The Kier molecular flexibility index (Phi) is 7.19. The molecule has 0 spiro atoms. The summed E-state index contributed by atoms with van der Waals surface area (Å²) in [5.41, 5.74) is 1.16. The quantitative estimate of drug-likeness (QED) is 0.503. The zero-order valence-electron chi connectivity index (χ0n) is 16.9. The van der Waals surface area contributed by atoms with Crippen LogP contribution in [0.3, 0.4) is 0 Å². The van der Waals surface area contributed by atoms with E-state index in [4.69, 9.17) is 18.9 Å². The molecule has 1 N–H and O–H groups in total. The van der Waals surface area contributed by atoms with Crippen LogP contribution in [-0.2, 0) is 30.3 Å². The molecule has 0 radical (unpaired) electrons. The van der Waals surface area contributed by atoms with E-state index in [2.05, 4.69) is 0 Å². The van der Waals surface area contributed by atoms with E-state index in [1.165, 1.54) is 0 Å². The van der Waals surface area contributed by atoms with Crippen molar-refractivity contribution in [3.05, 3.63) is 35.9 Å². The van der Waals surface area contributed by atoms with Crippen LogP contribution >= 0.6 is 0 Å². The summed E-state index contributed by atoms with van der Waals surface area (Å²) >= 11 is 0. The van der Waals surface area contributed by atoms with E-state index in [9.17, 15) is 9.90 Å². The Hall–Kier alpha value is -1.47. The van der Waals surface area contributed by atoms with Crippen molar-refractivity contribution in [2.45, 2.75) is 94.6 Å². The van der Waals surface area contributed by atoms with E-state index in [0.717, 1.165) is 44.1 Å². The number of aliphatic hydroxyl groups is 1. The minimum atomic E-state index is -0.465. The molecule has 3 aliphatic heterocycles. The summed E-state index contributed by atoms with van der Waals surface area (Å²) in [6.45, 7) is 1.24. The Morgan fingerprint density at radius 3 is 2.45 bits per heavy atom. The molecule has 3 heterocycles. The van der Waals surface area contributed by atoms with Gasteiger partial charge in [-0.05, 0) is 50.5 Å². The van der Waals surface area contributed by atoms with E-state index in [0.29, 0.717) is 26.1 Å². The van der Waals surface area contributed by atoms with E-state index in [1.807, 2.05) is 30.3 Å². The summed E-state index contributed by atoms with van der Waals surface area (Å²) in [5.74, 6) is -0.116. The lowest BCUT2D eigenvalue weighted by Crippen LogP contribution is -2.33. The van der Waals surface area contributed by atoms with Gasteiger partial charge in [0.15, 0.2) is 0 Å². The molecular formula is C23H32O6. The molecule has 0 amide bonds. The van der Waals surface area contributed by atoms with Crippen molar-refractivity contribution in [1.29, 1.82) is 0 Å². The van der Waals surface area contributed by atoms with Gasteiger partial charge in [-0.25, -0.2) is 0 Å². The smallest absolute Gasteiger partial charge is 0.306 e. The number of ether oxygens (including phenoxy) is 4. The van der Waals surface area contributed by atoms with Crippen LogP contribution in [0.25, 0.3) is 0 Å². The number of hydrogen-bond donors (Lipinski definition) is 1.